The van der Waals surface area contributed by atoms with Crippen LogP contribution in [0.2, 0.25) is 10.0 Å². The third-order valence-electron chi connectivity index (χ3n) is 6.23. The van der Waals surface area contributed by atoms with Gasteiger partial charge in [0, 0.05) is 29.3 Å². The third-order valence-corrected chi connectivity index (χ3v) is 6.97. The topological polar surface area (TPSA) is 65.0 Å². The zero-order valence-corrected chi connectivity index (χ0v) is 19.5. The van der Waals surface area contributed by atoms with Crippen molar-refractivity contribution in [1.82, 2.24) is 0 Å². The number of benzene rings is 2. The fourth-order valence-electron chi connectivity index (χ4n) is 4.67. The minimum Gasteiger partial charge on any atom is -0.497 e. The Morgan fingerprint density at radius 1 is 1.00 bits per heavy atom. The molecule has 0 bridgehead atoms. The van der Waals surface area contributed by atoms with Gasteiger partial charge in [0.25, 0.3) is 0 Å². The number of carbonyl (C=O) groups is 2. The molecule has 166 valence electrons. The minimum atomic E-state index is -0.697. The van der Waals surface area contributed by atoms with Gasteiger partial charge >= 0.3 is 5.97 Å². The number of carbonyl (C=O) groups excluding carboxylic acids is 2. The van der Waals surface area contributed by atoms with Crippen LogP contribution in [0.25, 0.3) is 0 Å². The number of hydrogen-bond acceptors (Lipinski definition) is 5. The second kappa shape index (κ2) is 9.08. The molecule has 2 aliphatic rings. The standard InChI is InChI=1S/C25H23Cl2NO4/c1-13-22(25(30)32-3)23(15-6-9-18(26)19(27)10-15)24-20(28-13)11-16(12-21(24)29)14-4-7-17(31-2)8-5-14/h4-10,16,22-23H,11-12H2,1-3H3. The first kappa shape index (κ1) is 22.6. The molecule has 4 rings (SSSR count). The maximum atomic E-state index is 13.5. The first-order valence-corrected chi connectivity index (χ1v) is 11.1. The Morgan fingerprint density at radius 2 is 1.69 bits per heavy atom. The van der Waals surface area contributed by atoms with E-state index in [-0.39, 0.29) is 11.7 Å². The summed E-state index contributed by atoms with van der Waals surface area (Å²) < 4.78 is 10.3. The van der Waals surface area contributed by atoms with E-state index in [1.165, 1.54) is 7.11 Å². The van der Waals surface area contributed by atoms with Gasteiger partial charge in [0.1, 0.15) is 11.7 Å². The molecule has 0 fully saturated rings. The first-order valence-electron chi connectivity index (χ1n) is 10.3. The van der Waals surface area contributed by atoms with Gasteiger partial charge in [-0.05, 0) is 54.7 Å². The van der Waals surface area contributed by atoms with Crippen LogP contribution in [0.4, 0.5) is 0 Å². The van der Waals surface area contributed by atoms with Crippen molar-refractivity contribution in [2.24, 2.45) is 10.9 Å². The number of nitrogens with zero attached hydrogens (tertiary/aromatic N) is 1. The van der Waals surface area contributed by atoms with Gasteiger partial charge in [-0.15, -0.1) is 0 Å². The van der Waals surface area contributed by atoms with Crippen LogP contribution >= 0.6 is 23.2 Å². The van der Waals surface area contributed by atoms with Crippen molar-refractivity contribution < 1.29 is 19.1 Å². The van der Waals surface area contributed by atoms with Crippen LogP contribution in [0.5, 0.6) is 5.75 Å². The van der Waals surface area contributed by atoms with Gasteiger partial charge in [-0.1, -0.05) is 41.4 Å². The quantitative estimate of drug-likeness (QED) is 0.532. The molecular weight excluding hydrogens is 449 g/mol. The number of ketones is 1. The monoisotopic (exact) mass is 471 g/mol. The number of aliphatic imine (C=N–C) groups is 1. The number of Topliss-reactive ketones (excluding diaryl/α,β-unsaturated/α-hetero) is 1. The van der Waals surface area contributed by atoms with Crippen LogP contribution in [0.3, 0.4) is 0 Å². The van der Waals surface area contributed by atoms with Gasteiger partial charge in [-0.25, -0.2) is 0 Å². The Labute approximate surface area is 197 Å². The molecule has 1 aliphatic heterocycles. The van der Waals surface area contributed by atoms with Crippen molar-refractivity contribution in [3.05, 3.63) is 74.9 Å². The lowest BCUT2D eigenvalue weighted by Gasteiger charge is -2.36. The fourth-order valence-corrected chi connectivity index (χ4v) is 4.98. The Bertz CT molecular complexity index is 1140. The number of hydrogen-bond donors (Lipinski definition) is 0. The van der Waals surface area contributed by atoms with E-state index in [0.717, 1.165) is 22.6 Å². The summed E-state index contributed by atoms with van der Waals surface area (Å²) in [6.45, 7) is 1.80. The lowest BCUT2D eigenvalue weighted by atomic mass is 9.69. The summed E-state index contributed by atoms with van der Waals surface area (Å²) in [4.78, 5) is 30.9. The van der Waals surface area contributed by atoms with Crippen molar-refractivity contribution in [3.8, 4) is 5.75 Å². The van der Waals surface area contributed by atoms with Crippen LogP contribution < -0.4 is 4.74 Å². The highest BCUT2D eigenvalue weighted by Gasteiger charge is 2.44. The Kier molecular flexibility index (Phi) is 6.40. The van der Waals surface area contributed by atoms with E-state index in [1.54, 1.807) is 32.2 Å². The highest BCUT2D eigenvalue weighted by Crippen LogP contribution is 2.47. The summed E-state index contributed by atoms with van der Waals surface area (Å²) >= 11 is 12.4. The largest absolute Gasteiger partial charge is 0.497 e. The van der Waals surface area contributed by atoms with E-state index in [0.29, 0.717) is 34.2 Å². The van der Waals surface area contributed by atoms with Crippen molar-refractivity contribution in [2.75, 3.05) is 14.2 Å². The summed E-state index contributed by atoms with van der Waals surface area (Å²) in [5.41, 5.74) is 3.70. The highest BCUT2D eigenvalue weighted by molar-refractivity contribution is 6.42. The van der Waals surface area contributed by atoms with Gasteiger partial charge in [-0.2, -0.15) is 0 Å². The normalized spacial score (nSPS) is 22.8. The van der Waals surface area contributed by atoms with Crippen LogP contribution in [0, 0.1) is 5.92 Å². The van der Waals surface area contributed by atoms with E-state index >= 15 is 0 Å². The predicted molar refractivity (Wildman–Crippen MR) is 125 cm³/mol. The van der Waals surface area contributed by atoms with E-state index in [2.05, 4.69) is 0 Å². The average Bonchev–Trinajstić information content (AvgIpc) is 2.79. The zero-order valence-electron chi connectivity index (χ0n) is 18.0. The molecule has 1 heterocycles. The van der Waals surface area contributed by atoms with Gasteiger partial charge < -0.3 is 9.47 Å². The van der Waals surface area contributed by atoms with Gasteiger partial charge in [0.15, 0.2) is 5.78 Å². The van der Waals surface area contributed by atoms with Crippen LogP contribution in [0.1, 0.15) is 42.7 Å². The SMILES string of the molecule is COC(=O)C1C(C)=NC2=C(C(=O)CC(c3ccc(OC)cc3)C2)C1c1ccc(Cl)c(Cl)c1. The molecule has 7 heteroatoms. The molecule has 32 heavy (non-hydrogen) atoms. The van der Waals surface area contributed by atoms with Crippen LogP contribution in [-0.2, 0) is 14.3 Å². The molecule has 0 radical (unpaired) electrons. The molecule has 0 spiro atoms. The fraction of sp³-hybridized carbons (Fsp3) is 0.320. The Morgan fingerprint density at radius 3 is 2.31 bits per heavy atom. The molecule has 0 amide bonds. The summed E-state index contributed by atoms with van der Waals surface area (Å²) in [7, 11) is 2.96. The molecule has 2 aromatic carbocycles. The van der Waals surface area contributed by atoms with Crippen molar-refractivity contribution in [3.63, 3.8) is 0 Å². The number of rotatable bonds is 4. The number of allylic oxidation sites excluding steroid dienone is 2. The number of ether oxygens (including phenoxy) is 2. The molecule has 3 atom stereocenters. The zero-order chi connectivity index (χ0) is 23.0. The second-order valence-corrected chi connectivity index (χ2v) is 8.88. The first-order chi connectivity index (χ1) is 15.3. The maximum absolute atomic E-state index is 13.5. The van der Waals surface area contributed by atoms with E-state index in [1.807, 2.05) is 24.3 Å². The van der Waals surface area contributed by atoms with Gasteiger partial charge in [0.05, 0.1) is 24.3 Å². The number of methoxy groups -OCH3 is 2. The summed E-state index contributed by atoms with van der Waals surface area (Å²) in [6.07, 6.45) is 0.946. The Hall–Kier alpha value is -2.63. The molecule has 0 saturated carbocycles. The van der Waals surface area contributed by atoms with E-state index in [9.17, 15) is 9.59 Å². The van der Waals surface area contributed by atoms with Crippen LogP contribution in [0.15, 0.2) is 58.7 Å². The van der Waals surface area contributed by atoms with Gasteiger partial charge in [0.2, 0.25) is 0 Å². The molecule has 2 aromatic rings. The molecule has 0 aromatic heterocycles. The van der Waals surface area contributed by atoms with Gasteiger partial charge in [-0.3, -0.25) is 14.6 Å². The van der Waals surface area contributed by atoms with E-state index < -0.39 is 17.8 Å². The molecule has 3 unspecified atom stereocenters. The molecule has 0 N–H and O–H groups in total. The van der Waals surface area contributed by atoms with E-state index in [4.69, 9.17) is 37.7 Å². The maximum Gasteiger partial charge on any atom is 0.315 e. The third kappa shape index (κ3) is 4.07. The van der Waals surface area contributed by atoms with Crippen molar-refractivity contribution in [2.45, 2.75) is 31.6 Å². The summed E-state index contributed by atoms with van der Waals surface area (Å²) in [5, 5.41) is 0.782. The molecule has 1 aliphatic carbocycles. The van der Waals surface area contributed by atoms with Crippen molar-refractivity contribution >= 4 is 40.7 Å². The lowest BCUT2D eigenvalue weighted by molar-refractivity contribution is -0.143. The smallest absolute Gasteiger partial charge is 0.315 e. The molecule has 0 saturated heterocycles. The molecule has 5 nitrogen and oxygen atoms in total. The predicted octanol–water partition coefficient (Wildman–Crippen LogP) is 5.75. The highest BCUT2D eigenvalue weighted by atomic mass is 35.5. The Balaban J connectivity index is 1.79. The number of halogens is 2. The minimum absolute atomic E-state index is 0.00726. The molecular formula is C25H23Cl2NO4. The average molecular weight is 472 g/mol. The second-order valence-electron chi connectivity index (χ2n) is 8.07. The van der Waals surface area contributed by atoms with Crippen molar-refractivity contribution in [1.29, 1.82) is 0 Å². The van der Waals surface area contributed by atoms with Crippen LogP contribution in [-0.4, -0.2) is 31.7 Å². The summed E-state index contributed by atoms with van der Waals surface area (Å²) in [6, 6.07) is 13.0. The number of esters is 1. The summed E-state index contributed by atoms with van der Waals surface area (Å²) in [5.74, 6) is -0.894. The lowest BCUT2D eigenvalue weighted by Crippen LogP contribution is -2.37.